The first-order valence-electron chi connectivity index (χ1n) is 9.07. The van der Waals surface area contributed by atoms with Crippen molar-refractivity contribution in [1.82, 2.24) is 4.90 Å². The predicted octanol–water partition coefficient (Wildman–Crippen LogP) is 2.04. The van der Waals surface area contributed by atoms with E-state index >= 15 is 0 Å². The van der Waals surface area contributed by atoms with E-state index in [0.29, 0.717) is 0 Å². The summed E-state index contributed by atoms with van der Waals surface area (Å²) in [6.07, 6.45) is 2.06. The zero-order chi connectivity index (χ0) is 19.2. The van der Waals surface area contributed by atoms with Crippen molar-refractivity contribution in [3.05, 3.63) is 89.6 Å². The molecule has 0 bridgehead atoms. The molecule has 0 aliphatic rings. The van der Waals surface area contributed by atoms with E-state index in [0.717, 1.165) is 22.4 Å². The first-order valence-corrected chi connectivity index (χ1v) is 9.88. The molecule has 0 N–H and O–H groups in total. The van der Waals surface area contributed by atoms with E-state index in [1.165, 1.54) is 16.7 Å². The SMILES string of the molecule is Cc1cccc(N=C(Sc2cccc[n+]2C)N(C)Cc2ccccc2)c1C.[I-]. The van der Waals surface area contributed by atoms with Crippen molar-refractivity contribution in [3.8, 4) is 0 Å². The molecule has 0 atom stereocenters. The number of hydrogen-bond donors (Lipinski definition) is 0. The maximum Gasteiger partial charge on any atom is 0.247 e. The standard InChI is InChI=1S/C23H26N3S.HI/c1-18-11-10-14-21(19(18)2)24-23(27-22-15-8-9-16-25(22)3)26(4)17-20-12-6-5-7-13-20;/h5-16H,17H2,1-4H3;1H/q+1;/p-1. The van der Waals surface area contributed by atoms with E-state index < -0.39 is 0 Å². The maximum absolute atomic E-state index is 5.04. The molecule has 2 aromatic carbocycles. The van der Waals surface area contributed by atoms with Gasteiger partial charge in [0.1, 0.15) is 7.05 Å². The van der Waals surface area contributed by atoms with Gasteiger partial charge in [-0.3, -0.25) is 0 Å². The van der Waals surface area contributed by atoms with Crippen molar-refractivity contribution in [2.75, 3.05) is 7.05 Å². The number of benzene rings is 2. The maximum atomic E-state index is 5.04. The molecule has 0 aliphatic carbocycles. The summed E-state index contributed by atoms with van der Waals surface area (Å²) in [6, 6.07) is 23.0. The third kappa shape index (κ3) is 5.82. The van der Waals surface area contributed by atoms with Gasteiger partial charge in [-0.05, 0) is 42.7 Å². The lowest BCUT2D eigenvalue weighted by molar-refractivity contribution is -0.708. The third-order valence-corrected chi connectivity index (χ3v) is 5.80. The van der Waals surface area contributed by atoms with Crippen LogP contribution in [0.3, 0.4) is 0 Å². The van der Waals surface area contributed by atoms with Gasteiger partial charge in [0, 0.05) is 37.5 Å². The Morgan fingerprint density at radius 1 is 0.964 bits per heavy atom. The van der Waals surface area contributed by atoms with Crippen LogP contribution < -0.4 is 28.5 Å². The lowest BCUT2D eigenvalue weighted by Gasteiger charge is -2.20. The van der Waals surface area contributed by atoms with Gasteiger partial charge in [-0.25, -0.2) is 4.99 Å². The highest BCUT2D eigenvalue weighted by atomic mass is 127. The number of aromatic nitrogens is 1. The van der Waals surface area contributed by atoms with E-state index in [4.69, 9.17) is 4.99 Å². The Morgan fingerprint density at radius 3 is 2.39 bits per heavy atom. The Morgan fingerprint density at radius 2 is 1.68 bits per heavy atom. The van der Waals surface area contributed by atoms with E-state index in [1.807, 2.05) is 12.1 Å². The number of nitrogens with zero attached hydrogens (tertiary/aromatic N) is 3. The molecular formula is C23H26IN3S. The predicted molar refractivity (Wildman–Crippen MR) is 114 cm³/mol. The Hall–Kier alpha value is -1.86. The van der Waals surface area contributed by atoms with Crippen LogP contribution in [0.1, 0.15) is 16.7 Å². The van der Waals surface area contributed by atoms with Gasteiger partial charge >= 0.3 is 0 Å². The van der Waals surface area contributed by atoms with Crippen LogP contribution in [0.25, 0.3) is 0 Å². The minimum absolute atomic E-state index is 0. The van der Waals surface area contributed by atoms with Crippen molar-refractivity contribution in [2.45, 2.75) is 25.4 Å². The van der Waals surface area contributed by atoms with Crippen LogP contribution in [0.5, 0.6) is 0 Å². The minimum atomic E-state index is 0. The molecule has 1 aromatic heterocycles. The van der Waals surface area contributed by atoms with Crippen LogP contribution in [0.15, 0.2) is 82.9 Å². The zero-order valence-electron chi connectivity index (χ0n) is 16.8. The summed E-state index contributed by atoms with van der Waals surface area (Å²) >= 11 is 1.69. The second-order valence-electron chi connectivity index (χ2n) is 6.71. The van der Waals surface area contributed by atoms with Crippen LogP contribution >= 0.6 is 11.8 Å². The highest BCUT2D eigenvalue weighted by Gasteiger charge is 2.16. The molecule has 0 radical (unpaired) electrons. The van der Waals surface area contributed by atoms with Gasteiger partial charge in [0.25, 0.3) is 0 Å². The van der Waals surface area contributed by atoms with Crippen LogP contribution in [-0.4, -0.2) is 17.1 Å². The molecule has 0 saturated heterocycles. The second-order valence-corrected chi connectivity index (χ2v) is 7.69. The molecule has 146 valence electrons. The highest BCUT2D eigenvalue weighted by Crippen LogP contribution is 2.26. The fraction of sp³-hybridized carbons (Fsp3) is 0.217. The van der Waals surface area contributed by atoms with E-state index in [1.54, 1.807) is 11.8 Å². The summed E-state index contributed by atoms with van der Waals surface area (Å²) in [6.45, 7) is 5.08. The van der Waals surface area contributed by atoms with Gasteiger partial charge in [-0.15, -0.1) is 0 Å². The second kappa shape index (κ2) is 10.6. The fourth-order valence-corrected chi connectivity index (χ4v) is 3.68. The summed E-state index contributed by atoms with van der Waals surface area (Å²) in [4.78, 5) is 7.26. The number of pyridine rings is 1. The molecule has 28 heavy (non-hydrogen) atoms. The van der Waals surface area contributed by atoms with E-state index in [9.17, 15) is 0 Å². The molecule has 1 heterocycles. The largest absolute Gasteiger partial charge is 1.00 e. The normalized spacial score (nSPS) is 11.1. The summed E-state index contributed by atoms with van der Waals surface area (Å²) in [7, 11) is 4.17. The van der Waals surface area contributed by atoms with Crippen LogP contribution in [0.4, 0.5) is 5.69 Å². The lowest BCUT2D eigenvalue weighted by atomic mass is 10.1. The summed E-state index contributed by atoms with van der Waals surface area (Å²) in [5, 5.41) is 2.14. The molecule has 0 amide bonds. The van der Waals surface area contributed by atoms with Gasteiger partial charge in [-0.1, -0.05) is 42.5 Å². The lowest BCUT2D eigenvalue weighted by Crippen LogP contribution is -3.00. The Kier molecular flexibility index (Phi) is 8.51. The molecule has 0 spiro atoms. The average Bonchev–Trinajstić information content (AvgIpc) is 2.67. The number of aryl methyl sites for hydroxylation is 2. The summed E-state index contributed by atoms with van der Waals surface area (Å²) in [5.74, 6) is 0. The van der Waals surface area contributed by atoms with Crippen molar-refractivity contribution in [1.29, 1.82) is 0 Å². The number of halogens is 1. The Balaban J connectivity index is 0.00000280. The first-order chi connectivity index (χ1) is 13.0. The quantitative estimate of drug-likeness (QED) is 0.179. The van der Waals surface area contributed by atoms with Gasteiger partial charge in [0.2, 0.25) is 5.03 Å². The van der Waals surface area contributed by atoms with Crippen LogP contribution in [0, 0.1) is 13.8 Å². The number of thioether (sulfide) groups is 1. The van der Waals surface area contributed by atoms with Gasteiger partial charge in [0.05, 0.1) is 5.69 Å². The topological polar surface area (TPSA) is 19.5 Å². The number of amidine groups is 1. The average molecular weight is 503 g/mol. The molecular weight excluding hydrogens is 477 g/mol. The molecule has 0 aliphatic heterocycles. The van der Waals surface area contributed by atoms with Gasteiger partial charge < -0.3 is 28.9 Å². The molecule has 0 fully saturated rings. The number of rotatable bonds is 4. The fourth-order valence-electron chi connectivity index (χ4n) is 2.78. The zero-order valence-corrected chi connectivity index (χ0v) is 19.7. The molecule has 0 saturated carbocycles. The minimum Gasteiger partial charge on any atom is -1.00 e. The molecule has 5 heteroatoms. The van der Waals surface area contributed by atoms with Gasteiger partial charge in [-0.2, -0.15) is 4.57 Å². The molecule has 3 aromatic rings. The number of aliphatic imine (C=N–C) groups is 1. The highest BCUT2D eigenvalue weighted by molar-refractivity contribution is 8.13. The Bertz CT molecular complexity index is 942. The van der Waals surface area contributed by atoms with E-state index in [2.05, 4.69) is 98.2 Å². The summed E-state index contributed by atoms with van der Waals surface area (Å²) < 4.78 is 2.12. The summed E-state index contributed by atoms with van der Waals surface area (Å²) in [5.41, 5.74) is 4.78. The van der Waals surface area contributed by atoms with Crippen LogP contribution in [-0.2, 0) is 13.6 Å². The molecule has 0 unspecified atom stereocenters. The van der Waals surface area contributed by atoms with Crippen molar-refractivity contribution in [2.24, 2.45) is 12.0 Å². The smallest absolute Gasteiger partial charge is 0.247 e. The van der Waals surface area contributed by atoms with Gasteiger partial charge in [0.15, 0.2) is 11.4 Å². The van der Waals surface area contributed by atoms with Crippen molar-refractivity contribution in [3.63, 3.8) is 0 Å². The molecule has 3 rings (SSSR count). The number of hydrogen-bond acceptors (Lipinski definition) is 2. The van der Waals surface area contributed by atoms with Crippen molar-refractivity contribution >= 4 is 22.6 Å². The van der Waals surface area contributed by atoms with E-state index in [-0.39, 0.29) is 24.0 Å². The van der Waals surface area contributed by atoms with Crippen LogP contribution in [0.2, 0.25) is 0 Å². The third-order valence-electron chi connectivity index (χ3n) is 4.58. The first kappa shape index (κ1) is 22.4. The molecule has 3 nitrogen and oxygen atoms in total. The monoisotopic (exact) mass is 503 g/mol. The van der Waals surface area contributed by atoms with Crippen molar-refractivity contribution < 1.29 is 28.5 Å². The Labute approximate surface area is 189 Å².